The van der Waals surface area contributed by atoms with E-state index >= 15 is 0 Å². The molecule has 1 saturated carbocycles. The average Bonchev–Trinajstić information content (AvgIpc) is 2.42. The van der Waals surface area contributed by atoms with Gasteiger partial charge in [0.1, 0.15) is 5.82 Å². The molecule has 1 aromatic carbocycles. The molecule has 0 bridgehead atoms. The summed E-state index contributed by atoms with van der Waals surface area (Å²) in [5.74, 6) is 0.0999. The van der Waals surface area contributed by atoms with Crippen molar-refractivity contribution >= 4 is 17.3 Å². The average molecular weight is 292 g/mol. The third-order valence-electron chi connectivity index (χ3n) is 4.57. The lowest BCUT2D eigenvalue weighted by Crippen LogP contribution is -2.31. The number of hydrogen-bond acceptors (Lipinski definition) is 2. The molecule has 1 aromatic rings. The van der Waals surface area contributed by atoms with Crippen molar-refractivity contribution in [3.63, 3.8) is 0 Å². The minimum Gasteiger partial charge on any atom is -0.399 e. The number of halogens is 1. The maximum absolute atomic E-state index is 13.6. The fraction of sp³-hybridized carbons (Fsp3) is 0.588. The van der Waals surface area contributed by atoms with E-state index in [1.165, 1.54) is 18.2 Å². The molecule has 3 nitrogen and oxygen atoms in total. The lowest BCUT2D eigenvalue weighted by Gasteiger charge is -2.36. The SMILES string of the molecule is CC(C)(C)C1CCC(C(=O)Nc2cc(N)ccc2F)CC1. The van der Waals surface area contributed by atoms with Crippen LogP contribution in [0.5, 0.6) is 0 Å². The zero-order valence-corrected chi connectivity index (χ0v) is 13.1. The van der Waals surface area contributed by atoms with Crippen LogP contribution in [-0.4, -0.2) is 5.91 Å². The number of carbonyl (C=O) groups is 1. The van der Waals surface area contributed by atoms with Crippen LogP contribution in [0.25, 0.3) is 0 Å². The van der Waals surface area contributed by atoms with Crippen LogP contribution in [0.1, 0.15) is 46.5 Å². The smallest absolute Gasteiger partial charge is 0.227 e. The van der Waals surface area contributed by atoms with E-state index < -0.39 is 5.82 Å². The van der Waals surface area contributed by atoms with E-state index in [2.05, 4.69) is 26.1 Å². The Bertz CT molecular complexity index is 514. The predicted octanol–water partition coefficient (Wildman–Crippen LogP) is 4.20. The predicted molar refractivity (Wildman–Crippen MR) is 84.3 cm³/mol. The summed E-state index contributed by atoms with van der Waals surface area (Å²) in [6.45, 7) is 6.75. The van der Waals surface area contributed by atoms with Gasteiger partial charge in [-0.3, -0.25) is 4.79 Å². The number of anilines is 2. The summed E-state index contributed by atoms with van der Waals surface area (Å²) in [5.41, 5.74) is 6.55. The lowest BCUT2D eigenvalue weighted by atomic mass is 9.69. The van der Waals surface area contributed by atoms with Gasteiger partial charge >= 0.3 is 0 Å². The molecule has 0 unspecified atom stereocenters. The topological polar surface area (TPSA) is 55.1 Å². The Kier molecular flexibility index (Phi) is 4.55. The fourth-order valence-corrected chi connectivity index (χ4v) is 3.10. The van der Waals surface area contributed by atoms with Crippen molar-refractivity contribution in [2.45, 2.75) is 46.5 Å². The van der Waals surface area contributed by atoms with Gasteiger partial charge < -0.3 is 11.1 Å². The van der Waals surface area contributed by atoms with Gasteiger partial charge in [-0.05, 0) is 55.2 Å². The molecule has 0 radical (unpaired) electrons. The molecule has 0 aliphatic heterocycles. The molecule has 0 saturated heterocycles. The number of nitrogens with two attached hydrogens (primary N) is 1. The molecule has 0 atom stereocenters. The number of amides is 1. The number of carbonyl (C=O) groups excluding carboxylic acids is 1. The van der Waals surface area contributed by atoms with Crippen molar-refractivity contribution in [2.75, 3.05) is 11.1 Å². The summed E-state index contributed by atoms with van der Waals surface area (Å²) in [6.07, 6.45) is 3.86. The summed E-state index contributed by atoms with van der Waals surface area (Å²) < 4.78 is 13.6. The minimum absolute atomic E-state index is 0.0237. The third-order valence-corrected chi connectivity index (χ3v) is 4.57. The summed E-state index contributed by atoms with van der Waals surface area (Å²) in [4.78, 5) is 12.3. The number of nitrogens with one attached hydrogen (secondary N) is 1. The Morgan fingerprint density at radius 3 is 2.43 bits per heavy atom. The van der Waals surface area contributed by atoms with E-state index in [1.54, 1.807) is 0 Å². The maximum Gasteiger partial charge on any atom is 0.227 e. The zero-order valence-electron chi connectivity index (χ0n) is 13.1. The van der Waals surface area contributed by atoms with Gasteiger partial charge in [0.05, 0.1) is 5.69 Å². The molecule has 0 aromatic heterocycles. The molecule has 2 rings (SSSR count). The molecule has 0 heterocycles. The number of rotatable bonds is 2. The van der Waals surface area contributed by atoms with Gasteiger partial charge in [0, 0.05) is 11.6 Å². The Balaban J connectivity index is 1.95. The Morgan fingerprint density at radius 1 is 1.24 bits per heavy atom. The fourth-order valence-electron chi connectivity index (χ4n) is 3.10. The molecule has 1 amide bonds. The van der Waals surface area contributed by atoms with Crippen molar-refractivity contribution in [3.8, 4) is 0 Å². The normalized spacial score (nSPS) is 22.9. The third kappa shape index (κ3) is 3.96. The van der Waals surface area contributed by atoms with Crippen LogP contribution in [-0.2, 0) is 4.79 Å². The first kappa shape index (κ1) is 15.8. The molecule has 1 fully saturated rings. The Morgan fingerprint density at radius 2 is 1.86 bits per heavy atom. The highest BCUT2D eigenvalue weighted by atomic mass is 19.1. The van der Waals surface area contributed by atoms with Crippen LogP contribution in [0, 0.1) is 23.1 Å². The Hall–Kier alpha value is -1.58. The van der Waals surface area contributed by atoms with Crippen LogP contribution in [0.4, 0.5) is 15.8 Å². The van der Waals surface area contributed by atoms with Gasteiger partial charge in [0.15, 0.2) is 0 Å². The van der Waals surface area contributed by atoms with Crippen LogP contribution >= 0.6 is 0 Å². The first-order valence-corrected chi connectivity index (χ1v) is 7.63. The molecule has 21 heavy (non-hydrogen) atoms. The quantitative estimate of drug-likeness (QED) is 0.803. The summed E-state index contributed by atoms with van der Waals surface area (Å²) in [5, 5.41) is 2.68. The van der Waals surface area contributed by atoms with Crippen molar-refractivity contribution < 1.29 is 9.18 Å². The molecule has 1 aliphatic carbocycles. The van der Waals surface area contributed by atoms with E-state index in [-0.39, 0.29) is 17.5 Å². The van der Waals surface area contributed by atoms with Gasteiger partial charge in [-0.1, -0.05) is 20.8 Å². The summed E-state index contributed by atoms with van der Waals surface area (Å²) in [7, 11) is 0. The maximum atomic E-state index is 13.6. The van der Waals surface area contributed by atoms with Crippen molar-refractivity contribution in [2.24, 2.45) is 17.3 Å². The molecule has 0 spiro atoms. The number of hydrogen-bond donors (Lipinski definition) is 2. The molecule has 3 N–H and O–H groups in total. The van der Waals surface area contributed by atoms with Crippen LogP contribution in [0.2, 0.25) is 0 Å². The van der Waals surface area contributed by atoms with Crippen molar-refractivity contribution in [1.29, 1.82) is 0 Å². The molecular weight excluding hydrogens is 267 g/mol. The van der Waals surface area contributed by atoms with Crippen LogP contribution in [0.3, 0.4) is 0 Å². The van der Waals surface area contributed by atoms with Crippen molar-refractivity contribution in [3.05, 3.63) is 24.0 Å². The van der Waals surface area contributed by atoms with Crippen LogP contribution in [0.15, 0.2) is 18.2 Å². The highest BCUT2D eigenvalue weighted by Gasteiger charge is 2.32. The standard InChI is InChI=1S/C17H25FN2O/c1-17(2,3)12-6-4-11(5-7-12)16(21)20-15-10-13(19)8-9-14(15)18/h8-12H,4-7,19H2,1-3H3,(H,20,21). The largest absolute Gasteiger partial charge is 0.399 e. The second kappa shape index (κ2) is 6.04. The second-order valence-corrected chi connectivity index (χ2v) is 7.14. The van der Waals surface area contributed by atoms with E-state index in [4.69, 9.17) is 5.73 Å². The molecule has 116 valence electrons. The molecular formula is C17H25FN2O. The first-order valence-electron chi connectivity index (χ1n) is 7.63. The summed E-state index contributed by atoms with van der Waals surface area (Å²) >= 11 is 0. The Labute approximate surface area is 126 Å². The van der Waals surface area contributed by atoms with Gasteiger partial charge in [-0.15, -0.1) is 0 Å². The highest BCUT2D eigenvalue weighted by molar-refractivity contribution is 5.93. The van der Waals surface area contributed by atoms with Gasteiger partial charge in [-0.25, -0.2) is 4.39 Å². The second-order valence-electron chi connectivity index (χ2n) is 7.14. The van der Waals surface area contributed by atoms with Gasteiger partial charge in [-0.2, -0.15) is 0 Å². The zero-order chi connectivity index (χ0) is 15.6. The van der Waals surface area contributed by atoms with Crippen LogP contribution < -0.4 is 11.1 Å². The molecule has 1 aliphatic rings. The number of nitrogen functional groups attached to an aromatic ring is 1. The minimum atomic E-state index is -0.444. The van der Waals surface area contributed by atoms with E-state index in [1.807, 2.05) is 0 Å². The van der Waals surface area contributed by atoms with E-state index in [0.29, 0.717) is 17.0 Å². The highest BCUT2D eigenvalue weighted by Crippen LogP contribution is 2.40. The molecule has 4 heteroatoms. The van der Waals surface area contributed by atoms with Gasteiger partial charge in [0.2, 0.25) is 5.91 Å². The van der Waals surface area contributed by atoms with Gasteiger partial charge in [0.25, 0.3) is 0 Å². The summed E-state index contributed by atoms with van der Waals surface area (Å²) in [6, 6.07) is 4.23. The van der Waals surface area contributed by atoms with E-state index in [9.17, 15) is 9.18 Å². The van der Waals surface area contributed by atoms with Crippen molar-refractivity contribution in [1.82, 2.24) is 0 Å². The monoisotopic (exact) mass is 292 g/mol. The lowest BCUT2D eigenvalue weighted by molar-refractivity contribution is -0.121. The number of benzene rings is 1. The first-order chi connectivity index (χ1) is 9.77. The van der Waals surface area contributed by atoms with E-state index in [0.717, 1.165) is 25.7 Å².